The summed E-state index contributed by atoms with van der Waals surface area (Å²) in [5.74, 6) is 0.0507. The molecule has 0 bridgehead atoms. The summed E-state index contributed by atoms with van der Waals surface area (Å²) < 4.78 is 29.7. The largest absolute Gasteiger partial charge is 0.487 e. The molecule has 32 heavy (non-hydrogen) atoms. The Kier molecular flexibility index (Phi) is 5.51. The van der Waals surface area contributed by atoms with Crippen LogP contribution in [0.3, 0.4) is 0 Å². The third-order valence-corrected chi connectivity index (χ3v) is 5.01. The first-order valence-corrected chi connectivity index (χ1v) is 10.0. The van der Waals surface area contributed by atoms with Crippen LogP contribution in [-0.2, 0) is 0 Å². The van der Waals surface area contributed by atoms with Crippen LogP contribution in [0.4, 0.5) is 20.3 Å². The lowest BCUT2D eigenvalue weighted by Gasteiger charge is -2.45. The highest BCUT2D eigenvalue weighted by molar-refractivity contribution is 6.20. The van der Waals surface area contributed by atoms with Gasteiger partial charge in [-0.1, -0.05) is 0 Å². The van der Waals surface area contributed by atoms with Crippen molar-refractivity contribution in [3.05, 3.63) is 53.9 Å². The summed E-state index contributed by atoms with van der Waals surface area (Å²) in [6, 6.07) is 7.06. The van der Waals surface area contributed by atoms with Gasteiger partial charge in [-0.15, -0.1) is 8.78 Å². The molecule has 0 saturated carbocycles. The lowest BCUT2D eigenvalue weighted by Crippen LogP contribution is -2.60. The third kappa shape index (κ3) is 4.81. The van der Waals surface area contributed by atoms with E-state index in [0.717, 1.165) is 11.3 Å². The fourth-order valence-corrected chi connectivity index (χ4v) is 3.59. The molecule has 168 valence electrons. The van der Waals surface area contributed by atoms with Crippen LogP contribution >= 0.6 is 11.6 Å². The van der Waals surface area contributed by atoms with E-state index in [1.807, 2.05) is 11.8 Å². The number of aromatic amines is 1. The number of pyridine rings is 1. The Morgan fingerprint density at radius 1 is 1.31 bits per heavy atom. The number of amides is 1. The summed E-state index contributed by atoms with van der Waals surface area (Å²) in [7, 11) is 0. The van der Waals surface area contributed by atoms with Gasteiger partial charge < -0.3 is 20.1 Å². The van der Waals surface area contributed by atoms with Crippen LogP contribution in [0.1, 0.15) is 22.8 Å². The molecule has 3 aromatic rings. The van der Waals surface area contributed by atoms with Crippen molar-refractivity contribution in [3.8, 4) is 17.0 Å². The lowest BCUT2D eigenvalue weighted by molar-refractivity contribution is -0.0964. The zero-order valence-corrected chi connectivity index (χ0v) is 18.0. The number of nitrogens with one attached hydrogen (secondary N) is 2. The minimum Gasteiger partial charge on any atom is -0.420 e. The Morgan fingerprint density at radius 2 is 2.00 bits per heavy atom. The van der Waals surface area contributed by atoms with Crippen molar-refractivity contribution in [2.75, 3.05) is 23.3 Å². The fourth-order valence-electron chi connectivity index (χ4n) is 3.51. The Labute approximate surface area is 187 Å². The van der Waals surface area contributed by atoms with E-state index in [2.05, 4.69) is 25.2 Å². The first-order valence-electron chi connectivity index (χ1n) is 9.66. The van der Waals surface area contributed by atoms with Crippen LogP contribution in [0, 0.1) is 6.92 Å². The maximum atomic E-state index is 12.8. The molecule has 3 heterocycles. The van der Waals surface area contributed by atoms with Crippen LogP contribution in [0.15, 0.2) is 42.7 Å². The monoisotopic (exact) mass is 463 g/mol. The smallest absolute Gasteiger partial charge is 0.420 e. The van der Waals surface area contributed by atoms with Crippen LogP contribution < -0.4 is 15.0 Å². The number of benzene rings is 1. The van der Waals surface area contributed by atoms with Crippen molar-refractivity contribution in [2.45, 2.75) is 25.0 Å². The van der Waals surface area contributed by atoms with Gasteiger partial charge in [0, 0.05) is 42.1 Å². The van der Waals surface area contributed by atoms with E-state index in [1.165, 1.54) is 30.5 Å². The zero-order valence-electron chi connectivity index (χ0n) is 17.2. The van der Waals surface area contributed by atoms with Gasteiger partial charge in [-0.05, 0) is 49.7 Å². The Morgan fingerprint density at radius 3 is 2.56 bits per heavy atom. The van der Waals surface area contributed by atoms with E-state index in [0.29, 0.717) is 30.2 Å². The molecule has 1 aromatic carbocycles. The quantitative estimate of drug-likeness (QED) is 0.481. The highest BCUT2D eigenvalue weighted by Gasteiger charge is 2.38. The standard InChI is InChI=1S/C21H20ClF2N5O3/c1-12-8-26-28-17(12)16-7-13(9-25-18(16)29-10-20(2,31)11-29)19(30)27-14-3-5-15(6-4-14)32-21(22,23)24/h3-9,31H,10-11H2,1-2H3,(H,26,28)(H,27,30). The van der Waals surface area contributed by atoms with Crippen molar-refractivity contribution in [3.63, 3.8) is 0 Å². The molecule has 0 atom stereocenters. The predicted molar refractivity (Wildman–Crippen MR) is 115 cm³/mol. The third-order valence-electron chi connectivity index (χ3n) is 4.94. The first kappa shape index (κ1) is 22.0. The number of ether oxygens (including phenoxy) is 1. The number of aliphatic hydroxyl groups is 1. The summed E-state index contributed by atoms with van der Waals surface area (Å²) in [6.07, 6.45) is 3.12. The minimum absolute atomic E-state index is 0.142. The number of nitrogens with zero attached hydrogens (tertiary/aromatic N) is 3. The van der Waals surface area contributed by atoms with Crippen molar-refractivity contribution >= 4 is 29.0 Å². The highest BCUT2D eigenvalue weighted by atomic mass is 35.5. The maximum Gasteiger partial charge on any atom is 0.487 e. The number of alkyl halides is 3. The first-order chi connectivity index (χ1) is 15.0. The second-order valence-electron chi connectivity index (χ2n) is 7.90. The topological polar surface area (TPSA) is 103 Å². The number of rotatable bonds is 6. The SMILES string of the molecule is Cc1cn[nH]c1-c1cc(C(=O)Nc2ccc(OC(F)(F)Cl)cc2)cnc1N1CC(C)(O)C1. The van der Waals surface area contributed by atoms with Crippen LogP contribution in [0.2, 0.25) is 0 Å². The molecule has 0 unspecified atom stereocenters. The summed E-state index contributed by atoms with van der Waals surface area (Å²) in [4.78, 5) is 19.2. The Balaban J connectivity index is 1.57. The normalized spacial score (nSPS) is 15.2. The number of carbonyl (C=O) groups is 1. The highest BCUT2D eigenvalue weighted by Crippen LogP contribution is 2.35. The molecule has 0 spiro atoms. The number of aromatic nitrogens is 3. The van der Waals surface area contributed by atoms with Crippen LogP contribution in [0.5, 0.6) is 5.75 Å². The van der Waals surface area contributed by atoms with Gasteiger partial charge in [-0.3, -0.25) is 9.89 Å². The van der Waals surface area contributed by atoms with E-state index in [9.17, 15) is 18.7 Å². The maximum absolute atomic E-state index is 12.8. The number of H-pyrrole nitrogens is 1. The molecular formula is C21H20ClF2N5O3. The molecule has 8 nitrogen and oxygen atoms in total. The number of hydrogen-bond acceptors (Lipinski definition) is 6. The molecule has 0 radical (unpaired) electrons. The molecule has 1 aliphatic rings. The average molecular weight is 464 g/mol. The molecule has 4 rings (SSSR count). The van der Waals surface area contributed by atoms with Crippen molar-refractivity contribution in [2.24, 2.45) is 0 Å². The van der Waals surface area contributed by atoms with Gasteiger partial charge in [0.25, 0.3) is 5.91 Å². The van der Waals surface area contributed by atoms with Gasteiger partial charge >= 0.3 is 5.57 Å². The number of halogens is 3. The van der Waals surface area contributed by atoms with E-state index >= 15 is 0 Å². The van der Waals surface area contributed by atoms with Crippen molar-refractivity contribution in [1.82, 2.24) is 15.2 Å². The van der Waals surface area contributed by atoms with Crippen molar-refractivity contribution < 1.29 is 23.4 Å². The summed E-state index contributed by atoms with van der Waals surface area (Å²) in [5, 5.41) is 19.8. The second-order valence-corrected chi connectivity index (χ2v) is 8.34. The summed E-state index contributed by atoms with van der Waals surface area (Å²) in [6.45, 7) is 4.47. The average Bonchev–Trinajstić information content (AvgIpc) is 3.11. The number of aryl methyl sites for hydroxylation is 1. The number of carbonyl (C=O) groups excluding carboxylic acids is 1. The van der Waals surface area contributed by atoms with Crippen LogP contribution in [0.25, 0.3) is 11.3 Å². The predicted octanol–water partition coefficient (Wildman–Crippen LogP) is 3.77. The molecular weight excluding hydrogens is 444 g/mol. The number of anilines is 2. The van der Waals surface area contributed by atoms with E-state index in [4.69, 9.17) is 11.6 Å². The fraction of sp³-hybridized carbons (Fsp3) is 0.286. The number of hydrogen-bond donors (Lipinski definition) is 3. The molecule has 1 saturated heterocycles. The molecule has 2 aromatic heterocycles. The Bertz CT molecular complexity index is 1140. The van der Waals surface area contributed by atoms with Gasteiger partial charge in [-0.25, -0.2) is 4.98 Å². The summed E-state index contributed by atoms with van der Waals surface area (Å²) >= 11 is 4.75. The summed E-state index contributed by atoms with van der Waals surface area (Å²) in [5.41, 5.74) is -1.66. The van der Waals surface area contributed by atoms with E-state index in [1.54, 1.807) is 19.2 Å². The minimum atomic E-state index is -3.82. The molecule has 11 heteroatoms. The molecule has 1 fully saturated rings. The van der Waals surface area contributed by atoms with Gasteiger partial charge in [-0.2, -0.15) is 5.10 Å². The lowest BCUT2D eigenvalue weighted by atomic mass is 9.95. The molecule has 3 N–H and O–H groups in total. The van der Waals surface area contributed by atoms with E-state index < -0.39 is 17.1 Å². The molecule has 1 amide bonds. The molecule has 1 aliphatic heterocycles. The van der Waals surface area contributed by atoms with Gasteiger partial charge in [0.05, 0.1) is 23.1 Å². The zero-order chi connectivity index (χ0) is 23.1. The van der Waals surface area contributed by atoms with Gasteiger partial charge in [0.15, 0.2) is 0 Å². The Hall–Kier alpha value is -3.24. The van der Waals surface area contributed by atoms with Gasteiger partial charge in [0.1, 0.15) is 11.6 Å². The number of β-amino-alcohol motifs (C(OH)–C–C–N with tert-alkyl or cyclic N) is 1. The second kappa shape index (κ2) is 8.03. The molecule has 0 aliphatic carbocycles. The van der Waals surface area contributed by atoms with Crippen LogP contribution in [-0.4, -0.2) is 50.5 Å². The van der Waals surface area contributed by atoms with Crippen molar-refractivity contribution in [1.29, 1.82) is 0 Å². The van der Waals surface area contributed by atoms with Gasteiger partial charge in [0.2, 0.25) is 0 Å². The van der Waals surface area contributed by atoms with E-state index in [-0.39, 0.29) is 11.3 Å².